The maximum Gasteiger partial charge on any atom is 0.389 e. The molecule has 9 heteroatoms. The van der Waals surface area contributed by atoms with E-state index in [9.17, 15) is 22.8 Å². The number of nitrogens with zero attached hydrogens (tertiary/aromatic N) is 1. The Morgan fingerprint density at radius 2 is 2.22 bits per heavy atom. The van der Waals surface area contributed by atoms with E-state index >= 15 is 0 Å². The fourth-order valence-corrected chi connectivity index (χ4v) is 4.84. The molecular weight excluding hydrogens is 363 g/mol. The molecule has 1 aromatic heterocycles. The number of fused-ring (bicyclic) bond motifs is 1. The van der Waals surface area contributed by atoms with Gasteiger partial charge in [0.05, 0.1) is 24.7 Å². The highest BCUT2D eigenvalue weighted by atomic mass is 19.4. The van der Waals surface area contributed by atoms with Gasteiger partial charge in [0.1, 0.15) is 5.69 Å². The Morgan fingerprint density at radius 3 is 2.93 bits per heavy atom. The largest absolute Gasteiger partial charge is 0.389 e. The van der Waals surface area contributed by atoms with Crippen LogP contribution in [0.1, 0.15) is 36.2 Å². The highest BCUT2D eigenvalue weighted by Gasteiger charge is 2.63. The topological polar surface area (TPSA) is 74.4 Å². The standard InChI is InChI=1S/C18H22F3N3O3/c19-18(20,21)6-4-15(25)24-9-12-11(14-3-5-17(12,10-24)27-14)8-23-16(26)13-2-1-7-22-13/h1-2,7,11-12,14,22H,3-6,8-10H2,(H,23,26)/t11-,12+,14+,17+/m0/s1. The van der Waals surface area contributed by atoms with Gasteiger partial charge in [-0.3, -0.25) is 9.59 Å². The molecule has 1 spiro atoms. The van der Waals surface area contributed by atoms with Gasteiger partial charge in [0.2, 0.25) is 5.91 Å². The lowest BCUT2D eigenvalue weighted by Gasteiger charge is -2.29. The highest BCUT2D eigenvalue weighted by molar-refractivity contribution is 5.92. The molecule has 0 radical (unpaired) electrons. The zero-order valence-corrected chi connectivity index (χ0v) is 14.7. The lowest BCUT2D eigenvalue weighted by atomic mass is 9.73. The van der Waals surface area contributed by atoms with E-state index in [2.05, 4.69) is 10.3 Å². The first-order chi connectivity index (χ1) is 12.8. The van der Waals surface area contributed by atoms with E-state index in [0.29, 0.717) is 25.3 Å². The number of carbonyl (C=O) groups excluding carboxylic acids is 2. The van der Waals surface area contributed by atoms with Crippen molar-refractivity contribution in [2.45, 2.75) is 43.6 Å². The number of halogens is 3. The van der Waals surface area contributed by atoms with E-state index < -0.39 is 30.5 Å². The molecule has 3 aliphatic heterocycles. The van der Waals surface area contributed by atoms with Gasteiger partial charge in [-0.1, -0.05) is 0 Å². The Kier molecular flexibility index (Phi) is 4.44. The Morgan fingerprint density at radius 1 is 1.41 bits per heavy atom. The number of nitrogens with one attached hydrogen (secondary N) is 2. The number of likely N-dealkylation sites (tertiary alicyclic amines) is 1. The zero-order chi connectivity index (χ0) is 19.2. The Bertz CT molecular complexity index is 721. The van der Waals surface area contributed by atoms with Crippen molar-refractivity contribution in [2.75, 3.05) is 19.6 Å². The van der Waals surface area contributed by atoms with Crippen molar-refractivity contribution in [1.82, 2.24) is 15.2 Å². The predicted molar refractivity (Wildman–Crippen MR) is 88.8 cm³/mol. The number of amides is 2. The molecule has 2 amide bonds. The molecule has 2 bridgehead atoms. The van der Waals surface area contributed by atoms with Crippen LogP contribution in [0.4, 0.5) is 13.2 Å². The molecule has 27 heavy (non-hydrogen) atoms. The molecule has 0 unspecified atom stereocenters. The van der Waals surface area contributed by atoms with Gasteiger partial charge < -0.3 is 19.9 Å². The Balaban J connectivity index is 1.37. The summed E-state index contributed by atoms with van der Waals surface area (Å²) in [6, 6.07) is 3.43. The molecule has 3 aliphatic rings. The van der Waals surface area contributed by atoms with Crippen molar-refractivity contribution in [3.05, 3.63) is 24.0 Å². The maximum atomic E-state index is 12.4. The summed E-state index contributed by atoms with van der Waals surface area (Å²) in [4.78, 5) is 28.7. The molecule has 148 valence electrons. The second-order valence-corrected chi connectivity index (χ2v) is 7.71. The van der Waals surface area contributed by atoms with Crippen molar-refractivity contribution in [3.8, 4) is 0 Å². The van der Waals surface area contributed by atoms with Gasteiger partial charge in [0.15, 0.2) is 0 Å². The number of carbonyl (C=O) groups is 2. The van der Waals surface area contributed by atoms with Gasteiger partial charge in [-0.05, 0) is 25.0 Å². The summed E-state index contributed by atoms with van der Waals surface area (Å²) in [6.07, 6.45) is -2.58. The average molecular weight is 385 g/mol. The fourth-order valence-electron chi connectivity index (χ4n) is 4.84. The summed E-state index contributed by atoms with van der Waals surface area (Å²) in [6.45, 7) is 1.18. The van der Waals surface area contributed by atoms with Crippen LogP contribution in [0, 0.1) is 11.8 Å². The average Bonchev–Trinajstić information content (AvgIpc) is 3.36. The minimum atomic E-state index is -4.33. The number of ether oxygens (including phenoxy) is 1. The van der Waals surface area contributed by atoms with Gasteiger partial charge in [-0.15, -0.1) is 0 Å². The van der Waals surface area contributed by atoms with Gasteiger partial charge in [0, 0.05) is 37.5 Å². The van der Waals surface area contributed by atoms with E-state index in [4.69, 9.17) is 4.74 Å². The molecule has 0 aliphatic carbocycles. The molecule has 6 nitrogen and oxygen atoms in total. The van der Waals surface area contributed by atoms with Gasteiger partial charge in [0.25, 0.3) is 5.91 Å². The summed E-state index contributed by atoms with van der Waals surface area (Å²) in [5, 5.41) is 2.91. The van der Waals surface area contributed by atoms with Crippen LogP contribution < -0.4 is 5.32 Å². The first kappa shape index (κ1) is 18.3. The smallest absolute Gasteiger partial charge is 0.369 e. The van der Waals surface area contributed by atoms with Crippen molar-refractivity contribution in [2.24, 2.45) is 11.8 Å². The monoisotopic (exact) mass is 385 g/mol. The molecule has 3 fully saturated rings. The zero-order valence-electron chi connectivity index (χ0n) is 14.7. The van der Waals surface area contributed by atoms with Crippen molar-refractivity contribution in [3.63, 3.8) is 0 Å². The lowest BCUT2D eigenvalue weighted by molar-refractivity contribution is -0.149. The summed E-state index contributed by atoms with van der Waals surface area (Å²) in [5.74, 6) is -0.557. The van der Waals surface area contributed by atoms with Crippen molar-refractivity contribution in [1.29, 1.82) is 0 Å². The summed E-state index contributed by atoms with van der Waals surface area (Å²) in [7, 11) is 0. The molecule has 3 saturated heterocycles. The number of hydrogen-bond donors (Lipinski definition) is 2. The quantitative estimate of drug-likeness (QED) is 0.815. The molecule has 1 aromatic rings. The van der Waals surface area contributed by atoms with E-state index in [0.717, 1.165) is 12.8 Å². The molecule has 0 saturated carbocycles. The second kappa shape index (κ2) is 6.54. The number of aromatic nitrogens is 1. The number of rotatable bonds is 5. The normalized spacial score (nSPS) is 32.0. The van der Waals surface area contributed by atoms with E-state index in [1.54, 1.807) is 18.3 Å². The van der Waals surface area contributed by atoms with Crippen LogP contribution in [0.5, 0.6) is 0 Å². The minimum absolute atomic E-state index is 0.0337. The summed E-state index contributed by atoms with van der Waals surface area (Å²) >= 11 is 0. The fraction of sp³-hybridized carbons (Fsp3) is 0.667. The van der Waals surface area contributed by atoms with Gasteiger partial charge in [-0.2, -0.15) is 13.2 Å². The molecule has 4 heterocycles. The third-order valence-electron chi connectivity index (χ3n) is 6.10. The van der Waals surface area contributed by atoms with Crippen LogP contribution in [-0.4, -0.2) is 59.2 Å². The van der Waals surface area contributed by atoms with Gasteiger partial charge >= 0.3 is 6.18 Å². The molecular formula is C18H22F3N3O3. The van der Waals surface area contributed by atoms with E-state index in [1.807, 2.05) is 0 Å². The number of aromatic amines is 1. The molecule has 0 aromatic carbocycles. The first-order valence-corrected chi connectivity index (χ1v) is 9.21. The summed E-state index contributed by atoms with van der Waals surface area (Å²) < 4.78 is 43.4. The predicted octanol–water partition coefficient (Wildman–Crippen LogP) is 2.09. The van der Waals surface area contributed by atoms with E-state index in [1.165, 1.54) is 4.90 Å². The Hall–Kier alpha value is -2.03. The van der Waals surface area contributed by atoms with Crippen LogP contribution in [0.15, 0.2) is 18.3 Å². The first-order valence-electron chi connectivity index (χ1n) is 9.21. The van der Waals surface area contributed by atoms with Crippen LogP contribution >= 0.6 is 0 Å². The third kappa shape index (κ3) is 3.44. The maximum absolute atomic E-state index is 12.4. The number of hydrogen-bond acceptors (Lipinski definition) is 3. The number of H-pyrrole nitrogens is 1. The second-order valence-electron chi connectivity index (χ2n) is 7.71. The molecule has 4 rings (SSSR count). The van der Waals surface area contributed by atoms with Crippen LogP contribution in [0.3, 0.4) is 0 Å². The van der Waals surface area contributed by atoms with Crippen LogP contribution in [0.2, 0.25) is 0 Å². The molecule has 2 N–H and O–H groups in total. The SMILES string of the molecule is O=C(NC[C@H]1[C@H]2CN(C(=O)CCC(F)(F)F)C[C@]23CC[C@H]1O3)c1ccc[nH]1. The third-order valence-corrected chi connectivity index (χ3v) is 6.10. The minimum Gasteiger partial charge on any atom is -0.369 e. The van der Waals surface area contributed by atoms with Crippen molar-refractivity contribution < 1.29 is 27.5 Å². The number of alkyl halides is 3. The van der Waals surface area contributed by atoms with Crippen LogP contribution in [0.25, 0.3) is 0 Å². The van der Waals surface area contributed by atoms with Crippen molar-refractivity contribution >= 4 is 11.8 Å². The highest BCUT2D eigenvalue weighted by Crippen LogP contribution is 2.54. The lowest BCUT2D eigenvalue weighted by Crippen LogP contribution is -2.42. The Labute approximate surface area is 154 Å². The molecule has 4 atom stereocenters. The summed E-state index contributed by atoms with van der Waals surface area (Å²) in [5.41, 5.74) is 0.0181. The van der Waals surface area contributed by atoms with Gasteiger partial charge in [-0.25, -0.2) is 0 Å². The van der Waals surface area contributed by atoms with E-state index in [-0.39, 0.29) is 23.8 Å². The van der Waals surface area contributed by atoms with Crippen LogP contribution in [-0.2, 0) is 9.53 Å².